The van der Waals surface area contributed by atoms with Crippen LogP contribution in [0.4, 0.5) is 4.39 Å². The minimum absolute atomic E-state index is 0.00542. The first-order chi connectivity index (χ1) is 9.00. The highest BCUT2D eigenvalue weighted by Crippen LogP contribution is 2.34. The van der Waals surface area contributed by atoms with Gasteiger partial charge < -0.3 is 0 Å². The van der Waals surface area contributed by atoms with Gasteiger partial charge in [0, 0.05) is 22.6 Å². The van der Waals surface area contributed by atoms with Gasteiger partial charge in [-0.05, 0) is 35.6 Å². The maximum Gasteiger partial charge on any atom is 0.128 e. The minimum Gasteiger partial charge on any atom is -0.252 e. The van der Waals surface area contributed by atoms with E-state index < -0.39 is 0 Å². The molecule has 2 heteroatoms. The predicted octanol–water partition coefficient (Wildman–Crippen LogP) is 5.28. The Hall–Kier alpha value is -1.44. The summed E-state index contributed by atoms with van der Waals surface area (Å²) in [5.41, 5.74) is 3.63. The van der Waals surface area contributed by atoms with Crippen molar-refractivity contribution in [1.82, 2.24) is 4.98 Å². The third-order valence-electron chi connectivity index (χ3n) is 3.67. The molecular weight excluding hydrogens is 249 g/mol. The Morgan fingerprint density at radius 2 is 1.50 bits per heavy atom. The largest absolute Gasteiger partial charge is 0.252 e. The van der Waals surface area contributed by atoms with Gasteiger partial charge in [0.15, 0.2) is 0 Å². The van der Waals surface area contributed by atoms with Gasteiger partial charge in [-0.25, -0.2) is 4.39 Å². The summed E-state index contributed by atoms with van der Waals surface area (Å²) < 4.78 is 13.9. The molecule has 1 aromatic heterocycles. The van der Waals surface area contributed by atoms with Crippen LogP contribution < -0.4 is 0 Å². The number of aryl methyl sites for hydroxylation is 1. The third-order valence-corrected chi connectivity index (χ3v) is 3.67. The standard InChI is InChI=1S/C18H24FN/c1-11-8-12-13(17(2,3)4)9-16(18(5,6)7)20-15(12)10-14(11)19/h8-10H,1-7H3. The molecule has 0 atom stereocenters. The van der Waals surface area contributed by atoms with E-state index in [4.69, 9.17) is 0 Å². The van der Waals surface area contributed by atoms with E-state index in [0.29, 0.717) is 5.56 Å². The molecule has 0 amide bonds. The van der Waals surface area contributed by atoms with Crippen molar-refractivity contribution >= 4 is 10.9 Å². The molecule has 20 heavy (non-hydrogen) atoms. The molecule has 0 aliphatic carbocycles. The number of hydrogen-bond donors (Lipinski definition) is 0. The first-order valence-corrected chi connectivity index (χ1v) is 7.12. The molecule has 0 aliphatic rings. The van der Waals surface area contributed by atoms with E-state index in [0.717, 1.165) is 16.6 Å². The summed E-state index contributed by atoms with van der Waals surface area (Å²) in [5.74, 6) is -0.184. The van der Waals surface area contributed by atoms with Gasteiger partial charge in [-0.3, -0.25) is 4.98 Å². The molecule has 0 saturated heterocycles. The van der Waals surface area contributed by atoms with Crippen molar-refractivity contribution in [2.45, 2.75) is 59.3 Å². The van der Waals surface area contributed by atoms with Gasteiger partial charge in [0.1, 0.15) is 5.82 Å². The van der Waals surface area contributed by atoms with Crippen molar-refractivity contribution < 1.29 is 4.39 Å². The van der Waals surface area contributed by atoms with E-state index in [1.165, 1.54) is 5.56 Å². The van der Waals surface area contributed by atoms with Gasteiger partial charge in [-0.2, -0.15) is 0 Å². The van der Waals surface area contributed by atoms with Crippen LogP contribution in [-0.2, 0) is 10.8 Å². The second-order valence-corrected chi connectivity index (χ2v) is 7.67. The topological polar surface area (TPSA) is 12.9 Å². The summed E-state index contributed by atoms with van der Waals surface area (Å²) in [6.07, 6.45) is 0. The first kappa shape index (κ1) is 15.0. The molecule has 108 valence electrons. The first-order valence-electron chi connectivity index (χ1n) is 7.12. The van der Waals surface area contributed by atoms with E-state index in [9.17, 15) is 4.39 Å². The van der Waals surface area contributed by atoms with Crippen LogP contribution in [0.2, 0.25) is 0 Å². The van der Waals surface area contributed by atoms with Gasteiger partial charge in [0.25, 0.3) is 0 Å². The van der Waals surface area contributed by atoms with Crippen LogP contribution in [0.3, 0.4) is 0 Å². The van der Waals surface area contributed by atoms with Crippen LogP contribution in [-0.4, -0.2) is 4.98 Å². The number of benzene rings is 1. The molecule has 2 aromatic rings. The lowest BCUT2D eigenvalue weighted by molar-refractivity contribution is 0.557. The smallest absolute Gasteiger partial charge is 0.128 e. The van der Waals surface area contributed by atoms with Crippen molar-refractivity contribution in [2.75, 3.05) is 0 Å². The lowest BCUT2D eigenvalue weighted by atomic mass is 9.81. The van der Waals surface area contributed by atoms with Gasteiger partial charge in [-0.1, -0.05) is 41.5 Å². The van der Waals surface area contributed by atoms with Gasteiger partial charge in [-0.15, -0.1) is 0 Å². The minimum atomic E-state index is -0.184. The number of hydrogen-bond acceptors (Lipinski definition) is 1. The number of nitrogens with zero attached hydrogens (tertiary/aromatic N) is 1. The zero-order chi connectivity index (χ0) is 15.3. The normalized spacial score (nSPS) is 13.0. The van der Waals surface area contributed by atoms with Gasteiger partial charge in [0.05, 0.1) is 5.52 Å². The van der Waals surface area contributed by atoms with E-state index >= 15 is 0 Å². The fraction of sp³-hybridized carbons (Fsp3) is 0.500. The quantitative estimate of drug-likeness (QED) is 0.636. The summed E-state index contributed by atoms with van der Waals surface area (Å²) >= 11 is 0. The molecule has 2 rings (SSSR count). The molecule has 1 aromatic carbocycles. The maximum absolute atomic E-state index is 13.9. The Kier molecular flexibility index (Phi) is 3.40. The molecule has 0 fully saturated rings. The fourth-order valence-corrected chi connectivity index (χ4v) is 2.36. The predicted molar refractivity (Wildman–Crippen MR) is 83.8 cm³/mol. The zero-order valence-electron chi connectivity index (χ0n) is 13.6. The SMILES string of the molecule is Cc1cc2c(C(C)(C)C)cc(C(C)(C)C)nc2cc1F. The summed E-state index contributed by atoms with van der Waals surface area (Å²) in [6, 6.07) is 5.67. The molecule has 0 aliphatic heterocycles. The van der Waals surface area contributed by atoms with Crippen molar-refractivity contribution in [3.05, 3.63) is 40.8 Å². The van der Waals surface area contributed by atoms with Crippen LogP contribution in [0, 0.1) is 12.7 Å². The van der Waals surface area contributed by atoms with E-state index in [2.05, 4.69) is 52.6 Å². The molecule has 0 radical (unpaired) electrons. The van der Waals surface area contributed by atoms with Crippen molar-refractivity contribution in [3.8, 4) is 0 Å². The zero-order valence-corrected chi connectivity index (χ0v) is 13.6. The Morgan fingerprint density at radius 3 is 2.00 bits per heavy atom. The summed E-state index contributed by atoms with van der Waals surface area (Å²) in [5, 5.41) is 1.06. The molecular formula is C18H24FN. The van der Waals surface area contributed by atoms with Crippen LogP contribution in [0.15, 0.2) is 18.2 Å². The highest BCUT2D eigenvalue weighted by Gasteiger charge is 2.23. The van der Waals surface area contributed by atoms with Crippen molar-refractivity contribution in [1.29, 1.82) is 0 Å². The fourth-order valence-electron chi connectivity index (χ4n) is 2.36. The Bertz CT molecular complexity index is 658. The molecule has 1 heterocycles. The average Bonchev–Trinajstić information content (AvgIpc) is 2.26. The van der Waals surface area contributed by atoms with Crippen LogP contribution in [0.5, 0.6) is 0 Å². The number of pyridine rings is 1. The van der Waals surface area contributed by atoms with Crippen molar-refractivity contribution in [3.63, 3.8) is 0 Å². The van der Waals surface area contributed by atoms with E-state index in [1.807, 2.05) is 6.07 Å². The van der Waals surface area contributed by atoms with E-state index in [-0.39, 0.29) is 16.6 Å². The highest BCUT2D eigenvalue weighted by molar-refractivity contribution is 5.84. The molecule has 0 bridgehead atoms. The van der Waals surface area contributed by atoms with Crippen molar-refractivity contribution in [2.24, 2.45) is 0 Å². The lowest BCUT2D eigenvalue weighted by Crippen LogP contribution is -2.18. The average molecular weight is 273 g/mol. The summed E-state index contributed by atoms with van der Waals surface area (Å²) in [4.78, 5) is 4.68. The Morgan fingerprint density at radius 1 is 0.900 bits per heavy atom. The third kappa shape index (κ3) is 2.70. The molecule has 1 nitrogen and oxygen atoms in total. The Balaban J connectivity index is 2.89. The monoisotopic (exact) mass is 273 g/mol. The molecule has 0 saturated carbocycles. The van der Waals surface area contributed by atoms with Gasteiger partial charge >= 0.3 is 0 Å². The van der Waals surface area contributed by atoms with Crippen LogP contribution >= 0.6 is 0 Å². The lowest BCUT2D eigenvalue weighted by Gasteiger charge is -2.26. The highest BCUT2D eigenvalue weighted by atomic mass is 19.1. The van der Waals surface area contributed by atoms with Crippen LogP contribution in [0.25, 0.3) is 10.9 Å². The number of rotatable bonds is 0. The number of aromatic nitrogens is 1. The second-order valence-electron chi connectivity index (χ2n) is 7.67. The summed E-state index contributed by atoms with van der Waals surface area (Å²) in [7, 11) is 0. The molecule has 0 unspecified atom stereocenters. The Labute approximate surface area is 121 Å². The van der Waals surface area contributed by atoms with Gasteiger partial charge in [0.2, 0.25) is 0 Å². The van der Waals surface area contributed by atoms with Crippen LogP contribution in [0.1, 0.15) is 58.4 Å². The molecule has 0 spiro atoms. The summed E-state index contributed by atoms with van der Waals surface area (Å²) in [6.45, 7) is 14.8. The number of halogens is 1. The molecule has 0 N–H and O–H groups in total. The van der Waals surface area contributed by atoms with E-state index in [1.54, 1.807) is 13.0 Å². The second kappa shape index (κ2) is 4.54. The number of fused-ring (bicyclic) bond motifs is 1. The maximum atomic E-state index is 13.9.